The Hall–Kier alpha value is -0.560. The standard InChI is InChI=1S/C8H10O/c1-5(2)6-3-4-7-8(6)9-7/h3-4,7-8H,1-2H3. The summed E-state index contributed by atoms with van der Waals surface area (Å²) in [5.74, 6) is 0. The zero-order valence-corrected chi connectivity index (χ0v) is 5.72. The van der Waals surface area contributed by atoms with Gasteiger partial charge in [0.1, 0.15) is 12.2 Å². The van der Waals surface area contributed by atoms with Gasteiger partial charge >= 0.3 is 0 Å². The number of allylic oxidation sites excluding steroid dienone is 1. The molecule has 0 amide bonds. The van der Waals surface area contributed by atoms with Crippen molar-refractivity contribution >= 4 is 0 Å². The first-order chi connectivity index (χ1) is 4.29. The number of hydrogen-bond acceptors (Lipinski definition) is 1. The van der Waals surface area contributed by atoms with Gasteiger partial charge in [0.05, 0.1) is 0 Å². The van der Waals surface area contributed by atoms with Crippen LogP contribution in [0, 0.1) is 0 Å². The first-order valence-electron chi connectivity index (χ1n) is 3.30. The summed E-state index contributed by atoms with van der Waals surface area (Å²) in [6, 6.07) is 0. The molecule has 2 rings (SSSR count). The molecule has 0 spiro atoms. The molecule has 1 saturated heterocycles. The van der Waals surface area contributed by atoms with E-state index in [-0.39, 0.29) is 0 Å². The fourth-order valence-electron chi connectivity index (χ4n) is 1.27. The topological polar surface area (TPSA) is 12.5 Å². The van der Waals surface area contributed by atoms with Crippen LogP contribution in [-0.2, 0) is 4.74 Å². The van der Waals surface area contributed by atoms with Crippen molar-refractivity contribution in [2.24, 2.45) is 0 Å². The molecule has 2 aliphatic rings. The summed E-state index contributed by atoms with van der Waals surface area (Å²) in [7, 11) is 0. The van der Waals surface area contributed by atoms with Gasteiger partial charge in [0.25, 0.3) is 0 Å². The normalized spacial score (nSPS) is 36.9. The maximum absolute atomic E-state index is 5.28. The number of rotatable bonds is 0. The first-order valence-corrected chi connectivity index (χ1v) is 3.30. The molecule has 0 N–H and O–H groups in total. The Labute approximate surface area is 55.0 Å². The van der Waals surface area contributed by atoms with Crippen LogP contribution in [0.25, 0.3) is 0 Å². The second kappa shape index (κ2) is 1.48. The molecule has 1 heteroatoms. The molecule has 0 aromatic carbocycles. The van der Waals surface area contributed by atoms with Crippen LogP contribution in [-0.4, -0.2) is 12.2 Å². The van der Waals surface area contributed by atoms with E-state index in [1.54, 1.807) is 0 Å². The van der Waals surface area contributed by atoms with Crippen molar-refractivity contribution in [2.45, 2.75) is 26.1 Å². The third-order valence-corrected chi connectivity index (χ3v) is 1.87. The van der Waals surface area contributed by atoms with Gasteiger partial charge in [-0.2, -0.15) is 0 Å². The third-order valence-electron chi connectivity index (χ3n) is 1.87. The summed E-state index contributed by atoms with van der Waals surface area (Å²) in [5.41, 5.74) is 2.77. The van der Waals surface area contributed by atoms with E-state index in [9.17, 15) is 0 Å². The molecule has 9 heavy (non-hydrogen) atoms. The van der Waals surface area contributed by atoms with E-state index >= 15 is 0 Å². The molecule has 0 aromatic rings. The molecule has 0 bridgehead atoms. The molecule has 1 aliphatic carbocycles. The minimum atomic E-state index is 0.440. The van der Waals surface area contributed by atoms with Gasteiger partial charge in [-0.25, -0.2) is 0 Å². The highest BCUT2D eigenvalue weighted by Crippen LogP contribution is 2.38. The highest BCUT2D eigenvalue weighted by molar-refractivity contribution is 5.41. The van der Waals surface area contributed by atoms with E-state index in [0.717, 1.165) is 0 Å². The number of fused-ring (bicyclic) bond motifs is 1. The van der Waals surface area contributed by atoms with Crippen LogP contribution in [0.4, 0.5) is 0 Å². The van der Waals surface area contributed by atoms with E-state index in [0.29, 0.717) is 12.2 Å². The SMILES string of the molecule is CC(C)=C1C=CC2OC12. The Morgan fingerprint density at radius 2 is 2.33 bits per heavy atom. The molecule has 0 aromatic heterocycles. The predicted octanol–water partition coefficient (Wildman–Crippen LogP) is 1.66. The molecule has 2 unspecified atom stereocenters. The Bertz CT molecular complexity index is 197. The summed E-state index contributed by atoms with van der Waals surface area (Å²) in [5, 5.41) is 0. The number of hydrogen-bond donors (Lipinski definition) is 0. The Morgan fingerprint density at radius 1 is 1.56 bits per heavy atom. The number of epoxide rings is 1. The lowest BCUT2D eigenvalue weighted by atomic mass is 10.1. The Balaban J connectivity index is 2.34. The van der Waals surface area contributed by atoms with E-state index < -0.39 is 0 Å². The smallest absolute Gasteiger partial charge is 0.113 e. The predicted molar refractivity (Wildman–Crippen MR) is 36.2 cm³/mol. The molecular formula is C8H10O. The van der Waals surface area contributed by atoms with Gasteiger partial charge in [0, 0.05) is 0 Å². The molecule has 1 nitrogen and oxygen atoms in total. The largest absolute Gasteiger partial charge is 0.360 e. The molecule has 0 radical (unpaired) electrons. The van der Waals surface area contributed by atoms with Crippen LogP contribution in [0.3, 0.4) is 0 Å². The number of ether oxygens (including phenoxy) is 1. The van der Waals surface area contributed by atoms with Gasteiger partial charge < -0.3 is 4.74 Å². The molecule has 1 aliphatic heterocycles. The van der Waals surface area contributed by atoms with Crippen LogP contribution >= 0.6 is 0 Å². The lowest BCUT2D eigenvalue weighted by Crippen LogP contribution is -1.88. The van der Waals surface area contributed by atoms with E-state index in [1.807, 2.05) is 0 Å². The molecule has 48 valence electrons. The van der Waals surface area contributed by atoms with Crippen LogP contribution in [0.2, 0.25) is 0 Å². The maximum atomic E-state index is 5.28. The Kier molecular flexibility index (Phi) is 0.862. The molecule has 0 saturated carbocycles. The lowest BCUT2D eigenvalue weighted by molar-refractivity contribution is 0.403. The summed E-state index contributed by atoms with van der Waals surface area (Å²) in [4.78, 5) is 0. The average molecular weight is 122 g/mol. The van der Waals surface area contributed by atoms with Crippen molar-refractivity contribution in [3.05, 3.63) is 23.3 Å². The van der Waals surface area contributed by atoms with Crippen LogP contribution < -0.4 is 0 Å². The van der Waals surface area contributed by atoms with Crippen molar-refractivity contribution < 1.29 is 4.74 Å². The second-order valence-corrected chi connectivity index (χ2v) is 2.84. The zero-order valence-electron chi connectivity index (χ0n) is 5.72. The summed E-state index contributed by atoms with van der Waals surface area (Å²) < 4.78 is 5.28. The minimum Gasteiger partial charge on any atom is -0.360 e. The Morgan fingerprint density at radius 3 is 2.56 bits per heavy atom. The van der Waals surface area contributed by atoms with Gasteiger partial charge in [-0.05, 0) is 19.4 Å². The molecule has 1 fully saturated rings. The van der Waals surface area contributed by atoms with Crippen molar-refractivity contribution in [3.8, 4) is 0 Å². The monoisotopic (exact) mass is 122 g/mol. The maximum Gasteiger partial charge on any atom is 0.113 e. The fraction of sp³-hybridized carbons (Fsp3) is 0.500. The molecular weight excluding hydrogens is 112 g/mol. The van der Waals surface area contributed by atoms with Gasteiger partial charge in [0.2, 0.25) is 0 Å². The third kappa shape index (κ3) is 0.648. The highest BCUT2D eigenvalue weighted by Gasteiger charge is 2.43. The second-order valence-electron chi connectivity index (χ2n) is 2.84. The van der Waals surface area contributed by atoms with E-state index in [2.05, 4.69) is 26.0 Å². The van der Waals surface area contributed by atoms with Crippen molar-refractivity contribution in [1.82, 2.24) is 0 Å². The summed E-state index contributed by atoms with van der Waals surface area (Å²) in [6.07, 6.45) is 5.19. The van der Waals surface area contributed by atoms with Crippen LogP contribution in [0.15, 0.2) is 23.3 Å². The lowest BCUT2D eigenvalue weighted by Gasteiger charge is -1.94. The van der Waals surface area contributed by atoms with E-state index in [1.165, 1.54) is 11.1 Å². The minimum absolute atomic E-state index is 0.440. The first kappa shape index (κ1) is 5.24. The molecule has 2 atom stereocenters. The van der Waals surface area contributed by atoms with E-state index in [4.69, 9.17) is 4.74 Å². The van der Waals surface area contributed by atoms with Gasteiger partial charge in [-0.3, -0.25) is 0 Å². The average Bonchev–Trinajstić information content (AvgIpc) is 2.43. The molecule has 1 heterocycles. The van der Waals surface area contributed by atoms with Gasteiger partial charge in [0.15, 0.2) is 0 Å². The van der Waals surface area contributed by atoms with Crippen molar-refractivity contribution in [3.63, 3.8) is 0 Å². The zero-order chi connectivity index (χ0) is 6.43. The quantitative estimate of drug-likeness (QED) is 0.445. The van der Waals surface area contributed by atoms with Crippen LogP contribution in [0.1, 0.15) is 13.8 Å². The summed E-state index contributed by atoms with van der Waals surface area (Å²) in [6.45, 7) is 4.26. The van der Waals surface area contributed by atoms with Gasteiger partial charge in [-0.15, -0.1) is 0 Å². The van der Waals surface area contributed by atoms with Crippen molar-refractivity contribution in [2.75, 3.05) is 0 Å². The fourth-order valence-corrected chi connectivity index (χ4v) is 1.27. The van der Waals surface area contributed by atoms with Crippen LogP contribution in [0.5, 0.6) is 0 Å². The highest BCUT2D eigenvalue weighted by atomic mass is 16.6. The summed E-state index contributed by atoms with van der Waals surface area (Å²) >= 11 is 0. The van der Waals surface area contributed by atoms with Gasteiger partial charge in [-0.1, -0.05) is 17.7 Å². The van der Waals surface area contributed by atoms with Crippen molar-refractivity contribution in [1.29, 1.82) is 0 Å².